The SMILES string of the molecule is O=C(CN1CCOCC1)Nc1ccc(NC(=O)Cn2cc(C(F)(F)F)ccc2=O)cc1. The number of pyridine rings is 1. The summed E-state index contributed by atoms with van der Waals surface area (Å²) in [6.07, 6.45) is -4.01. The number of aromatic nitrogens is 1. The van der Waals surface area contributed by atoms with Gasteiger partial charge in [-0.05, 0) is 30.3 Å². The number of halogens is 3. The normalized spacial score (nSPS) is 14.8. The minimum absolute atomic E-state index is 0.178. The summed E-state index contributed by atoms with van der Waals surface area (Å²) in [6, 6.07) is 7.69. The number of nitrogens with one attached hydrogen (secondary N) is 2. The topological polar surface area (TPSA) is 92.7 Å². The monoisotopic (exact) mass is 438 g/mol. The van der Waals surface area contributed by atoms with Crippen molar-refractivity contribution < 1.29 is 27.5 Å². The Kier molecular flexibility index (Phi) is 7.08. The van der Waals surface area contributed by atoms with Gasteiger partial charge in [0.15, 0.2) is 0 Å². The van der Waals surface area contributed by atoms with Crippen LogP contribution in [-0.2, 0) is 27.0 Å². The second kappa shape index (κ2) is 9.75. The van der Waals surface area contributed by atoms with Crippen molar-refractivity contribution in [2.24, 2.45) is 0 Å². The van der Waals surface area contributed by atoms with E-state index in [0.717, 1.165) is 6.07 Å². The molecule has 0 unspecified atom stereocenters. The summed E-state index contributed by atoms with van der Waals surface area (Å²) in [6.45, 7) is 2.23. The van der Waals surface area contributed by atoms with Crippen LogP contribution in [0.1, 0.15) is 5.56 Å². The Hall–Kier alpha value is -3.18. The Labute approximate surface area is 175 Å². The van der Waals surface area contributed by atoms with Crippen molar-refractivity contribution in [2.75, 3.05) is 43.5 Å². The molecular formula is C20H21F3N4O4. The number of benzene rings is 1. The lowest BCUT2D eigenvalue weighted by Gasteiger charge is -2.25. The summed E-state index contributed by atoms with van der Waals surface area (Å²) in [4.78, 5) is 38.0. The van der Waals surface area contributed by atoms with E-state index < -0.39 is 29.8 Å². The minimum Gasteiger partial charge on any atom is -0.379 e. The number of anilines is 2. The van der Waals surface area contributed by atoms with Gasteiger partial charge < -0.3 is 19.9 Å². The molecule has 1 aromatic heterocycles. The van der Waals surface area contributed by atoms with Gasteiger partial charge in [0.2, 0.25) is 11.8 Å². The van der Waals surface area contributed by atoms with Gasteiger partial charge in [-0.1, -0.05) is 0 Å². The van der Waals surface area contributed by atoms with Gasteiger partial charge in [0.1, 0.15) is 6.54 Å². The molecule has 0 atom stereocenters. The third kappa shape index (κ3) is 6.66. The van der Waals surface area contributed by atoms with Crippen molar-refractivity contribution in [3.8, 4) is 0 Å². The van der Waals surface area contributed by atoms with Crippen LogP contribution in [0.5, 0.6) is 0 Å². The smallest absolute Gasteiger partial charge is 0.379 e. The Morgan fingerprint density at radius 1 is 0.903 bits per heavy atom. The zero-order valence-corrected chi connectivity index (χ0v) is 16.4. The van der Waals surface area contributed by atoms with E-state index in [0.29, 0.717) is 54.5 Å². The first kappa shape index (κ1) is 22.5. The Balaban J connectivity index is 1.54. The number of nitrogens with zero attached hydrogens (tertiary/aromatic N) is 2. The first-order chi connectivity index (χ1) is 14.7. The molecule has 0 spiro atoms. The number of carbonyl (C=O) groups excluding carboxylic acids is 2. The van der Waals surface area contributed by atoms with Gasteiger partial charge >= 0.3 is 6.18 Å². The van der Waals surface area contributed by atoms with Crippen molar-refractivity contribution in [3.63, 3.8) is 0 Å². The van der Waals surface area contributed by atoms with Crippen molar-refractivity contribution in [1.82, 2.24) is 9.47 Å². The van der Waals surface area contributed by atoms with E-state index in [2.05, 4.69) is 10.6 Å². The largest absolute Gasteiger partial charge is 0.417 e. The van der Waals surface area contributed by atoms with Gasteiger partial charge in [0.05, 0.1) is 25.3 Å². The molecule has 8 nitrogen and oxygen atoms in total. The number of hydrogen-bond acceptors (Lipinski definition) is 5. The van der Waals surface area contributed by atoms with E-state index in [-0.39, 0.29) is 12.5 Å². The van der Waals surface area contributed by atoms with Crippen LogP contribution in [0.3, 0.4) is 0 Å². The number of alkyl halides is 3. The third-order valence-corrected chi connectivity index (χ3v) is 4.55. The molecule has 2 heterocycles. The standard InChI is InChI=1S/C20H21F3N4O4/c21-20(22,23)14-1-6-19(30)27(11-14)13-18(29)25-16-4-2-15(3-5-16)24-17(28)12-26-7-9-31-10-8-26/h1-6,11H,7-10,12-13H2,(H,24,28)(H,25,29). The number of ether oxygens (including phenoxy) is 1. The fourth-order valence-corrected chi connectivity index (χ4v) is 2.98. The summed E-state index contributed by atoms with van der Waals surface area (Å²) in [5, 5.41) is 5.26. The molecular weight excluding hydrogens is 417 g/mol. The van der Waals surface area contributed by atoms with E-state index in [4.69, 9.17) is 4.74 Å². The molecule has 3 rings (SSSR count). The molecule has 2 aromatic rings. The van der Waals surface area contributed by atoms with Crippen LogP contribution in [-0.4, -0.2) is 54.1 Å². The van der Waals surface area contributed by atoms with Gasteiger partial charge in [-0.2, -0.15) is 13.2 Å². The highest BCUT2D eigenvalue weighted by Crippen LogP contribution is 2.28. The molecule has 0 radical (unpaired) electrons. The van der Waals surface area contributed by atoms with Gasteiger partial charge in [-0.3, -0.25) is 19.3 Å². The van der Waals surface area contributed by atoms with Crippen LogP contribution in [0.4, 0.5) is 24.5 Å². The number of hydrogen-bond donors (Lipinski definition) is 2. The van der Waals surface area contributed by atoms with Crippen LogP contribution in [0.15, 0.2) is 47.4 Å². The number of morpholine rings is 1. The fourth-order valence-electron chi connectivity index (χ4n) is 2.98. The van der Waals surface area contributed by atoms with Crippen molar-refractivity contribution >= 4 is 23.2 Å². The maximum atomic E-state index is 12.8. The number of rotatable bonds is 6. The van der Waals surface area contributed by atoms with E-state index in [1.807, 2.05) is 4.90 Å². The van der Waals surface area contributed by atoms with Crippen molar-refractivity contribution in [3.05, 3.63) is 58.5 Å². The molecule has 1 aliphatic heterocycles. The zero-order valence-electron chi connectivity index (χ0n) is 16.4. The molecule has 1 aliphatic rings. The van der Waals surface area contributed by atoms with E-state index >= 15 is 0 Å². The Morgan fingerprint density at radius 3 is 2.00 bits per heavy atom. The predicted octanol–water partition coefficient (Wildman–Crippen LogP) is 1.78. The van der Waals surface area contributed by atoms with Crippen LogP contribution < -0.4 is 16.2 Å². The summed E-state index contributed by atoms with van der Waals surface area (Å²) >= 11 is 0. The predicted molar refractivity (Wildman–Crippen MR) is 107 cm³/mol. The number of carbonyl (C=O) groups is 2. The fraction of sp³-hybridized carbons (Fsp3) is 0.350. The summed E-state index contributed by atoms with van der Waals surface area (Å²) in [5.41, 5.74) is -0.833. The quantitative estimate of drug-likeness (QED) is 0.717. The van der Waals surface area contributed by atoms with Crippen LogP contribution >= 0.6 is 0 Å². The van der Waals surface area contributed by atoms with E-state index in [1.54, 1.807) is 12.1 Å². The highest BCUT2D eigenvalue weighted by atomic mass is 19.4. The summed E-state index contributed by atoms with van der Waals surface area (Å²) in [7, 11) is 0. The van der Waals surface area contributed by atoms with Gasteiger partial charge in [0.25, 0.3) is 5.56 Å². The van der Waals surface area contributed by atoms with E-state index in [1.165, 1.54) is 12.1 Å². The molecule has 0 bridgehead atoms. The van der Waals surface area contributed by atoms with Crippen LogP contribution in [0.2, 0.25) is 0 Å². The molecule has 2 N–H and O–H groups in total. The molecule has 0 saturated carbocycles. The highest BCUT2D eigenvalue weighted by molar-refractivity contribution is 5.93. The second-order valence-electron chi connectivity index (χ2n) is 6.94. The molecule has 1 saturated heterocycles. The Bertz CT molecular complexity index is 983. The molecule has 2 amide bonds. The number of amides is 2. The van der Waals surface area contributed by atoms with Gasteiger partial charge in [-0.25, -0.2) is 0 Å². The minimum atomic E-state index is -4.62. The summed E-state index contributed by atoms with van der Waals surface area (Å²) in [5.74, 6) is -0.840. The van der Waals surface area contributed by atoms with Crippen LogP contribution in [0, 0.1) is 0 Å². The highest BCUT2D eigenvalue weighted by Gasteiger charge is 2.31. The first-order valence-corrected chi connectivity index (χ1v) is 9.48. The maximum absolute atomic E-state index is 12.8. The summed E-state index contributed by atoms with van der Waals surface area (Å²) < 4.78 is 44.3. The lowest BCUT2D eigenvalue weighted by Crippen LogP contribution is -2.41. The first-order valence-electron chi connectivity index (χ1n) is 9.48. The van der Waals surface area contributed by atoms with Crippen LogP contribution in [0.25, 0.3) is 0 Å². The lowest BCUT2D eigenvalue weighted by molar-refractivity contribution is -0.138. The Morgan fingerprint density at radius 2 is 1.45 bits per heavy atom. The molecule has 1 fully saturated rings. The molecule has 0 aliphatic carbocycles. The van der Waals surface area contributed by atoms with E-state index in [9.17, 15) is 27.6 Å². The molecule has 1 aromatic carbocycles. The second-order valence-corrected chi connectivity index (χ2v) is 6.94. The van der Waals surface area contributed by atoms with Gasteiger partial charge in [-0.15, -0.1) is 0 Å². The van der Waals surface area contributed by atoms with Crippen molar-refractivity contribution in [1.29, 1.82) is 0 Å². The lowest BCUT2D eigenvalue weighted by atomic mass is 10.2. The average molecular weight is 438 g/mol. The van der Waals surface area contributed by atoms with Crippen molar-refractivity contribution in [2.45, 2.75) is 12.7 Å². The molecule has 166 valence electrons. The maximum Gasteiger partial charge on any atom is 0.417 e. The van der Waals surface area contributed by atoms with Gasteiger partial charge in [0, 0.05) is 36.7 Å². The molecule has 11 heteroatoms. The third-order valence-electron chi connectivity index (χ3n) is 4.55. The zero-order chi connectivity index (χ0) is 22.4. The average Bonchev–Trinajstić information content (AvgIpc) is 2.71. The molecule has 31 heavy (non-hydrogen) atoms.